The number of hydrogen-bond donors (Lipinski definition) is 1. The molecule has 0 bridgehead atoms. The highest BCUT2D eigenvalue weighted by molar-refractivity contribution is 5.89. The number of amides is 2. The first-order chi connectivity index (χ1) is 13.0. The van der Waals surface area contributed by atoms with Crippen LogP contribution in [0.3, 0.4) is 0 Å². The van der Waals surface area contributed by atoms with E-state index in [0.717, 1.165) is 17.5 Å². The van der Waals surface area contributed by atoms with Crippen LogP contribution in [0.5, 0.6) is 0 Å². The number of hydrogen-bond acceptors (Lipinski definition) is 3. The Morgan fingerprint density at radius 3 is 2.89 bits per heavy atom. The number of carbonyl (C=O) groups excluding carboxylic acids is 2. The second-order valence-electron chi connectivity index (χ2n) is 6.98. The fourth-order valence-corrected chi connectivity index (χ4v) is 3.79. The van der Waals surface area contributed by atoms with E-state index in [2.05, 4.69) is 9.97 Å². The summed E-state index contributed by atoms with van der Waals surface area (Å²) in [7, 11) is 0. The molecule has 1 unspecified atom stereocenters. The highest BCUT2D eigenvalue weighted by Crippen LogP contribution is 2.27. The van der Waals surface area contributed by atoms with E-state index in [1.54, 1.807) is 9.80 Å². The number of likely N-dealkylation sites (tertiary alicyclic amines) is 1. The molecule has 142 valence electrons. The molecule has 4 rings (SSSR count). The quantitative estimate of drug-likeness (QED) is 0.895. The van der Waals surface area contributed by atoms with Crippen LogP contribution >= 0.6 is 0 Å². The van der Waals surface area contributed by atoms with Crippen LogP contribution in [-0.2, 0) is 22.6 Å². The standard InChI is InChI=1S/C19H20F2N4O2/c1-2-24-9-11(7-17(24)26)19(27)25-6-5-15-16(10-25)23-18(22-15)13-4-3-12(20)8-14(13)21/h3-4,8,11H,2,5-7,9-10H2,1H3,(H,22,23). The summed E-state index contributed by atoms with van der Waals surface area (Å²) in [6.45, 7) is 3.84. The monoisotopic (exact) mass is 374 g/mol. The van der Waals surface area contributed by atoms with Crippen LogP contribution in [0.15, 0.2) is 18.2 Å². The molecule has 0 spiro atoms. The number of fused-ring (bicyclic) bond motifs is 1. The fourth-order valence-electron chi connectivity index (χ4n) is 3.79. The van der Waals surface area contributed by atoms with Crippen LogP contribution in [0.4, 0.5) is 8.78 Å². The van der Waals surface area contributed by atoms with Crippen LogP contribution in [0.2, 0.25) is 0 Å². The molecular formula is C19H20F2N4O2. The lowest BCUT2D eigenvalue weighted by molar-refractivity contribution is -0.136. The van der Waals surface area contributed by atoms with Crippen molar-refractivity contribution < 1.29 is 18.4 Å². The van der Waals surface area contributed by atoms with Crippen molar-refractivity contribution in [2.75, 3.05) is 19.6 Å². The molecule has 1 aromatic heterocycles. The normalized spacial score (nSPS) is 19.5. The van der Waals surface area contributed by atoms with E-state index in [1.807, 2.05) is 6.92 Å². The van der Waals surface area contributed by atoms with Crippen molar-refractivity contribution in [3.8, 4) is 11.4 Å². The van der Waals surface area contributed by atoms with Crippen LogP contribution < -0.4 is 0 Å². The highest BCUT2D eigenvalue weighted by Gasteiger charge is 2.37. The maximum Gasteiger partial charge on any atom is 0.228 e. The first-order valence-electron chi connectivity index (χ1n) is 9.06. The molecule has 1 atom stereocenters. The Labute approximate surface area is 155 Å². The first kappa shape index (κ1) is 17.6. The fraction of sp³-hybridized carbons (Fsp3) is 0.421. The van der Waals surface area contributed by atoms with Crippen molar-refractivity contribution in [1.29, 1.82) is 0 Å². The number of aromatic nitrogens is 2. The van der Waals surface area contributed by atoms with Gasteiger partial charge in [-0.3, -0.25) is 9.59 Å². The SMILES string of the molecule is CCN1CC(C(=O)N2CCc3nc(-c4ccc(F)cc4F)[nH]c3C2)CC1=O. The Balaban J connectivity index is 1.51. The molecule has 0 radical (unpaired) electrons. The maximum atomic E-state index is 14.0. The zero-order chi connectivity index (χ0) is 19.1. The number of carbonyl (C=O) groups is 2. The van der Waals surface area contributed by atoms with Gasteiger partial charge in [0.1, 0.15) is 17.5 Å². The second-order valence-corrected chi connectivity index (χ2v) is 6.98. The van der Waals surface area contributed by atoms with Crippen molar-refractivity contribution in [1.82, 2.24) is 19.8 Å². The van der Waals surface area contributed by atoms with Crippen LogP contribution in [0, 0.1) is 17.6 Å². The molecule has 1 aromatic carbocycles. The third kappa shape index (κ3) is 3.20. The Bertz CT molecular complexity index is 911. The summed E-state index contributed by atoms with van der Waals surface area (Å²) in [6, 6.07) is 3.36. The van der Waals surface area contributed by atoms with Gasteiger partial charge in [0.25, 0.3) is 0 Å². The summed E-state index contributed by atoms with van der Waals surface area (Å²) in [5.74, 6) is -1.32. The minimum absolute atomic E-state index is 0.0177. The van der Waals surface area contributed by atoms with Crippen LogP contribution in [0.1, 0.15) is 24.7 Å². The summed E-state index contributed by atoms with van der Waals surface area (Å²) in [5.41, 5.74) is 1.74. The molecular weight excluding hydrogens is 354 g/mol. The average Bonchev–Trinajstić information content (AvgIpc) is 3.23. The average molecular weight is 374 g/mol. The molecule has 2 amide bonds. The van der Waals surface area contributed by atoms with Gasteiger partial charge in [0.05, 0.1) is 29.4 Å². The van der Waals surface area contributed by atoms with Gasteiger partial charge in [-0.15, -0.1) is 0 Å². The third-order valence-corrected chi connectivity index (χ3v) is 5.28. The van der Waals surface area contributed by atoms with E-state index < -0.39 is 11.6 Å². The molecule has 6 nitrogen and oxygen atoms in total. The van der Waals surface area contributed by atoms with Gasteiger partial charge in [0.15, 0.2) is 0 Å². The van der Waals surface area contributed by atoms with E-state index in [-0.39, 0.29) is 29.7 Å². The third-order valence-electron chi connectivity index (χ3n) is 5.28. The number of benzene rings is 1. The van der Waals surface area contributed by atoms with E-state index in [4.69, 9.17) is 0 Å². The predicted octanol–water partition coefficient (Wildman–Crippen LogP) is 2.11. The van der Waals surface area contributed by atoms with E-state index in [0.29, 0.717) is 38.4 Å². The lowest BCUT2D eigenvalue weighted by Crippen LogP contribution is -2.40. The minimum atomic E-state index is -0.682. The van der Waals surface area contributed by atoms with Gasteiger partial charge in [-0.05, 0) is 19.1 Å². The largest absolute Gasteiger partial charge is 0.342 e. The molecule has 8 heteroatoms. The highest BCUT2D eigenvalue weighted by atomic mass is 19.1. The van der Waals surface area contributed by atoms with E-state index in [1.165, 1.54) is 12.1 Å². The molecule has 0 aliphatic carbocycles. The van der Waals surface area contributed by atoms with Gasteiger partial charge in [-0.2, -0.15) is 0 Å². The molecule has 1 N–H and O–H groups in total. The summed E-state index contributed by atoms with van der Waals surface area (Å²) < 4.78 is 27.1. The lowest BCUT2D eigenvalue weighted by Gasteiger charge is -2.28. The summed E-state index contributed by atoms with van der Waals surface area (Å²) in [6.07, 6.45) is 0.809. The Morgan fingerprint density at radius 1 is 1.37 bits per heavy atom. The number of nitrogens with zero attached hydrogens (tertiary/aromatic N) is 3. The number of aromatic amines is 1. The molecule has 2 aliphatic heterocycles. The second kappa shape index (κ2) is 6.75. The van der Waals surface area contributed by atoms with Crippen molar-refractivity contribution >= 4 is 11.8 Å². The Kier molecular flexibility index (Phi) is 4.41. The molecule has 3 heterocycles. The van der Waals surface area contributed by atoms with Crippen molar-refractivity contribution in [2.45, 2.75) is 26.3 Å². The van der Waals surface area contributed by atoms with E-state index in [9.17, 15) is 18.4 Å². The van der Waals surface area contributed by atoms with Gasteiger partial charge in [0.2, 0.25) is 11.8 Å². The first-order valence-corrected chi connectivity index (χ1v) is 9.06. The number of nitrogens with one attached hydrogen (secondary N) is 1. The summed E-state index contributed by atoms with van der Waals surface area (Å²) >= 11 is 0. The summed E-state index contributed by atoms with van der Waals surface area (Å²) in [4.78, 5) is 35.6. The molecule has 2 aromatic rings. The zero-order valence-corrected chi connectivity index (χ0v) is 15.0. The van der Waals surface area contributed by atoms with Gasteiger partial charge in [0, 0.05) is 38.5 Å². The van der Waals surface area contributed by atoms with Crippen LogP contribution in [0.25, 0.3) is 11.4 Å². The molecule has 27 heavy (non-hydrogen) atoms. The van der Waals surface area contributed by atoms with Gasteiger partial charge in [-0.25, -0.2) is 13.8 Å². The lowest BCUT2D eigenvalue weighted by atomic mass is 10.0. The predicted molar refractivity (Wildman–Crippen MR) is 93.4 cm³/mol. The van der Waals surface area contributed by atoms with Gasteiger partial charge in [-0.1, -0.05) is 0 Å². The zero-order valence-electron chi connectivity index (χ0n) is 15.0. The van der Waals surface area contributed by atoms with Gasteiger partial charge >= 0.3 is 0 Å². The molecule has 2 aliphatic rings. The number of rotatable bonds is 3. The summed E-state index contributed by atoms with van der Waals surface area (Å²) in [5, 5.41) is 0. The molecule has 0 saturated carbocycles. The smallest absolute Gasteiger partial charge is 0.228 e. The molecule has 1 fully saturated rings. The maximum absolute atomic E-state index is 14.0. The minimum Gasteiger partial charge on any atom is -0.342 e. The Morgan fingerprint density at radius 2 is 2.19 bits per heavy atom. The van der Waals surface area contributed by atoms with Crippen molar-refractivity contribution in [2.24, 2.45) is 5.92 Å². The number of imidazole rings is 1. The van der Waals surface area contributed by atoms with Crippen molar-refractivity contribution in [3.05, 3.63) is 41.2 Å². The topological polar surface area (TPSA) is 69.3 Å². The number of halogens is 2. The Hall–Kier alpha value is -2.77. The van der Waals surface area contributed by atoms with Crippen molar-refractivity contribution in [3.63, 3.8) is 0 Å². The molecule has 1 saturated heterocycles. The number of H-pyrrole nitrogens is 1. The van der Waals surface area contributed by atoms with Gasteiger partial charge < -0.3 is 14.8 Å². The van der Waals surface area contributed by atoms with Crippen LogP contribution in [-0.4, -0.2) is 51.2 Å². The van der Waals surface area contributed by atoms with E-state index >= 15 is 0 Å².